The Hall–Kier alpha value is -1.10. The van der Waals surface area contributed by atoms with Crippen molar-refractivity contribution in [3.05, 3.63) is 47.8 Å². The molecule has 1 aliphatic carbocycles. The Morgan fingerprint density at radius 1 is 1.35 bits per heavy atom. The number of fused-ring (bicyclic) bond motifs is 1. The Kier molecular flexibility index (Phi) is 3.96. The molecule has 1 aromatic heterocycles. The van der Waals surface area contributed by atoms with Crippen LogP contribution in [0.5, 0.6) is 0 Å². The predicted octanol–water partition coefficient (Wildman–Crippen LogP) is 4.98. The molecule has 1 unspecified atom stereocenters. The van der Waals surface area contributed by atoms with Gasteiger partial charge in [0.15, 0.2) is 0 Å². The number of nitrogens with zero attached hydrogens (tertiary/aromatic N) is 2. The van der Waals surface area contributed by atoms with Gasteiger partial charge >= 0.3 is 0 Å². The van der Waals surface area contributed by atoms with Crippen LogP contribution < -0.4 is 0 Å². The largest absolute Gasteiger partial charge is 0.264 e. The van der Waals surface area contributed by atoms with E-state index in [2.05, 4.69) is 75.9 Å². The Bertz CT molecular complexity index is 628. The predicted molar refractivity (Wildman–Crippen MR) is 92.8 cm³/mol. The van der Waals surface area contributed by atoms with Crippen LogP contribution in [-0.4, -0.2) is 7.76 Å². The molecule has 1 heterocycles. The van der Waals surface area contributed by atoms with E-state index in [9.17, 15) is 0 Å². The number of hydrogen-bond donors (Lipinski definition) is 0. The first-order chi connectivity index (χ1) is 9.70. The van der Waals surface area contributed by atoms with E-state index in [4.69, 9.17) is 4.98 Å². The molecule has 3 rings (SSSR count). The number of benzene rings is 1. The highest BCUT2D eigenvalue weighted by molar-refractivity contribution is 14.1. The lowest BCUT2D eigenvalue weighted by atomic mass is 9.84. The van der Waals surface area contributed by atoms with Gasteiger partial charge < -0.3 is 0 Å². The van der Waals surface area contributed by atoms with Crippen LogP contribution in [0.4, 0.5) is 0 Å². The highest BCUT2D eigenvalue weighted by Gasteiger charge is 2.24. The van der Waals surface area contributed by atoms with Crippen LogP contribution in [0.15, 0.2) is 36.4 Å². The summed E-state index contributed by atoms with van der Waals surface area (Å²) in [4.78, 5) is 4.89. The summed E-state index contributed by atoms with van der Waals surface area (Å²) in [5.74, 6) is 2.41. The minimum atomic E-state index is 0.627. The van der Waals surface area contributed by atoms with Gasteiger partial charge in [0.2, 0.25) is 0 Å². The van der Waals surface area contributed by atoms with Crippen LogP contribution in [0, 0.1) is 11.8 Å². The molecule has 0 fully saturated rings. The molecule has 20 heavy (non-hydrogen) atoms. The molecule has 2 atom stereocenters. The monoisotopic (exact) mass is 378 g/mol. The highest BCUT2D eigenvalue weighted by atomic mass is 127. The van der Waals surface area contributed by atoms with Gasteiger partial charge in [-0.25, -0.2) is 4.98 Å². The molecule has 2 nitrogen and oxygen atoms in total. The Morgan fingerprint density at radius 2 is 2.10 bits per heavy atom. The average molecular weight is 378 g/mol. The molecule has 104 valence electrons. The van der Waals surface area contributed by atoms with Crippen LogP contribution in [0.25, 0.3) is 17.5 Å². The van der Waals surface area contributed by atoms with Gasteiger partial charge in [0.25, 0.3) is 0 Å². The van der Waals surface area contributed by atoms with Crippen molar-refractivity contribution in [2.45, 2.75) is 26.7 Å². The molecule has 3 heteroatoms. The van der Waals surface area contributed by atoms with Gasteiger partial charge in [0.1, 0.15) is 5.82 Å². The highest BCUT2D eigenvalue weighted by Crippen LogP contribution is 2.33. The third kappa shape index (κ3) is 2.43. The summed E-state index contributed by atoms with van der Waals surface area (Å²) in [5.41, 5.74) is 3.68. The maximum Gasteiger partial charge on any atom is 0.149 e. The van der Waals surface area contributed by atoms with Crippen molar-refractivity contribution < 1.29 is 0 Å². The zero-order valence-corrected chi connectivity index (χ0v) is 14.0. The standard InChI is InChI=1S/C17H19IN2/c1-3-12(2)14-9-10-16-15(11-14)19-17(20(16)18)13-7-5-4-6-8-13/h4-10,12,14H,3,11H2,1-2H3/t12?,14-/m0/s1. The molecule has 0 saturated carbocycles. The number of aromatic nitrogens is 2. The van der Waals surface area contributed by atoms with Gasteiger partial charge in [-0.1, -0.05) is 56.7 Å². The van der Waals surface area contributed by atoms with E-state index in [1.54, 1.807) is 0 Å². The van der Waals surface area contributed by atoms with E-state index in [1.807, 2.05) is 6.07 Å². The Morgan fingerprint density at radius 3 is 2.80 bits per heavy atom. The maximum atomic E-state index is 4.89. The second kappa shape index (κ2) is 5.72. The molecule has 1 aromatic carbocycles. The summed E-state index contributed by atoms with van der Waals surface area (Å²) in [6.07, 6.45) is 6.90. The Balaban J connectivity index is 1.97. The summed E-state index contributed by atoms with van der Waals surface area (Å²) in [7, 11) is 0. The van der Waals surface area contributed by atoms with Crippen molar-refractivity contribution in [3.8, 4) is 11.4 Å². The Labute approximate surface area is 134 Å². The quantitative estimate of drug-likeness (QED) is 0.689. The summed E-state index contributed by atoms with van der Waals surface area (Å²) in [6.45, 7) is 4.60. The topological polar surface area (TPSA) is 17.8 Å². The summed E-state index contributed by atoms with van der Waals surface area (Å²) < 4.78 is 2.19. The summed E-state index contributed by atoms with van der Waals surface area (Å²) in [6, 6.07) is 10.4. The van der Waals surface area contributed by atoms with Crippen LogP contribution >= 0.6 is 22.9 Å². The van der Waals surface area contributed by atoms with Crippen LogP contribution in [0.3, 0.4) is 0 Å². The van der Waals surface area contributed by atoms with E-state index >= 15 is 0 Å². The van der Waals surface area contributed by atoms with Crippen LogP contribution in [-0.2, 0) is 6.42 Å². The fraction of sp³-hybridized carbons (Fsp3) is 0.353. The summed E-state index contributed by atoms with van der Waals surface area (Å²) in [5, 5.41) is 0. The molecular formula is C17H19IN2. The van der Waals surface area contributed by atoms with Gasteiger partial charge in [-0.15, -0.1) is 0 Å². The number of hydrogen-bond acceptors (Lipinski definition) is 1. The van der Waals surface area contributed by atoms with E-state index in [1.165, 1.54) is 23.4 Å². The molecule has 0 bridgehead atoms. The summed E-state index contributed by atoms with van der Waals surface area (Å²) >= 11 is 2.36. The molecule has 0 amide bonds. The van der Waals surface area contributed by atoms with E-state index in [0.29, 0.717) is 5.92 Å². The van der Waals surface area contributed by atoms with Crippen LogP contribution in [0.1, 0.15) is 31.7 Å². The SMILES string of the molecule is CCC(C)[C@H]1C=Cc2c(nc(-c3ccccc3)n2I)C1. The minimum absolute atomic E-state index is 0.627. The first-order valence-electron chi connectivity index (χ1n) is 7.22. The second-order valence-electron chi connectivity index (χ2n) is 5.53. The molecular weight excluding hydrogens is 359 g/mol. The minimum Gasteiger partial charge on any atom is -0.264 e. The molecule has 0 aliphatic heterocycles. The third-order valence-corrected chi connectivity index (χ3v) is 5.25. The molecule has 1 aliphatic rings. The first-order valence-corrected chi connectivity index (χ1v) is 8.18. The maximum absolute atomic E-state index is 4.89. The van der Waals surface area contributed by atoms with Gasteiger partial charge in [-0.2, -0.15) is 0 Å². The average Bonchev–Trinajstić information content (AvgIpc) is 2.84. The number of imidazole rings is 1. The lowest BCUT2D eigenvalue weighted by molar-refractivity contribution is 0.410. The van der Waals surface area contributed by atoms with Crippen LogP contribution in [0.2, 0.25) is 0 Å². The zero-order chi connectivity index (χ0) is 14.1. The lowest BCUT2D eigenvalue weighted by Gasteiger charge is -2.21. The number of halogens is 1. The molecule has 0 spiro atoms. The molecule has 2 aromatic rings. The van der Waals surface area contributed by atoms with Crippen molar-refractivity contribution >= 4 is 28.9 Å². The van der Waals surface area contributed by atoms with Gasteiger partial charge in [-0.05, 0) is 24.3 Å². The number of rotatable bonds is 3. The molecule has 0 radical (unpaired) electrons. The van der Waals surface area contributed by atoms with E-state index in [0.717, 1.165) is 18.2 Å². The zero-order valence-electron chi connectivity index (χ0n) is 11.9. The third-order valence-electron chi connectivity index (χ3n) is 4.27. The normalized spacial score (nSPS) is 18.9. The molecule has 0 N–H and O–H groups in total. The van der Waals surface area contributed by atoms with E-state index in [-0.39, 0.29) is 0 Å². The fourth-order valence-electron chi connectivity index (χ4n) is 2.73. The second-order valence-corrected chi connectivity index (χ2v) is 6.49. The van der Waals surface area contributed by atoms with Crippen molar-refractivity contribution in [1.82, 2.24) is 7.76 Å². The van der Waals surface area contributed by atoms with Crippen molar-refractivity contribution in [2.24, 2.45) is 11.8 Å². The van der Waals surface area contributed by atoms with Gasteiger partial charge in [0.05, 0.1) is 34.3 Å². The molecule has 0 saturated heterocycles. The smallest absolute Gasteiger partial charge is 0.149 e. The fourth-order valence-corrected chi connectivity index (χ4v) is 3.56. The van der Waals surface area contributed by atoms with E-state index < -0.39 is 0 Å². The van der Waals surface area contributed by atoms with Gasteiger partial charge in [0, 0.05) is 5.56 Å². The van der Waals surface area contributed by atoms with Crippen molar-refractivity contribution in [3.63, 3.8) is 0 Å². The van der Waals surface area contributed by atoms with Gasteiger partial charge in [-0.3, -0.25) is 2.78 Å². The lowest BCUT2D eigenvalue weighted by Crippen LogP contribution is -2.15. The van der Waals surface area contributed by atoms with Crippen molar-refractivity contribution in [1.29, 1.82) is 0 Å². The first kappa shape index (κ1) is 13.9. The van der Waals surface area contributed by atoms with Crippen molar-refractivity contribution in [2.75, 3.05) is 0 Å². The number of allylic oxidation sites excluding steroid dienone is 1.